The van der Waals surface area contributed by atoms with E-state index >= 15 is 0 Å². The molecule has 0 bridgehead atoms. The number of hydrogen-bond acceptors (Lipinski definition) is 9. The highest BCUT2D eigenvalue weighted by Crippen LogP contribution is 2.26. The molecule has 0 aliphatic heterocycles. The van der Waals surface area contributed by atoms with Gasteiger partial charge in [0.25, 0.3) is 5.56 Å². The Morgan fingerprint density at radius 1 is 1.22 bits per heavy atom. The summed E-state index contributed by atoms with van der Waals surface area (Å²) in [5, 5.41) is 23.7. The van der Waals surface area contributed by atoms with Crippen LogP contribution in [0.1, 0.15) is 46.2 Å². The first-order valence-corrected chi connectivity index (χ1v) is 9.61. The number of carbonyl (C=O) groups is 1. The quantitative estimate of drug-likeness (QED) is 0.377. The predicted octanol–water partition coefficient (Wildman–Crippen LogP) is 1.49. The van der Waals surface area contributed by atoms with Gasteiger partial charge >= 0.3 is 5.97 Å². The molecule has 11 heteroatoms. The van der Waals surface area contributed by atoms with Crippen LogP contribution in [0.3, 0.4) is 0 Å². The standard InChI is InChI=1S/C16H21N7O3S/c1-5-6-7-26-9(24)8-27-14-10-12(18-22-20-14)21-23-13(10)19-17-11(15(23)25)16(2,3)4/h5-8H2,1-4H3,(H,18,20,21). The normalized spacial score (nSPS) is 12.0. The topological polar surface area (TPSA) is 128 Å². The second kappa shape index (κ2) is 7.59. The minimum atomic E-state index is -0.452. The molecule has 0 radical (unpaired) electrons. The zero-order valence-corrected chi connectivity index (χ0v) is 16.5. The fraction of sp³-hybridized carbons (Fsp3) is 0.562. The molecule has 0 saturated carbocycles. The Labute approximate surface area is 159 Å². The average Bonchev–Trinajstić information content (AvgIpc) is 3.00. The lowest BCUT2D eigenvalue weighted by Crippen LogP contribution is -2.30. The molecule has 0 amide bonds. The Kier molecular flexibility index (Phi) is 5.40. The maximum atomic E-state index is 12.7. The number of nitrogens with one attached hydrogen (secondary N) is 1. The fourth-order valence-corrected chi connectivity index (χ4v) is 3.18. The molecule has 0 spiro atoms. The van der Waals surface area contributed by atoms with E-state index in [-0.39, 0.29) is 17.3 Å². The van der Waals surface area contributed by atoms with E-state index in [0.717, 1.165) is 24.6 Å². The summed E-state index contributed by atoms with van der Waals surface area (Å²) in [7, 11) is 0. The first-order valence-electron chi connectivity index (χ1n) is 8.62. The smallest absolute Gasteiger partial charge is 0.316 e. The molecule has 3 rings (SSSR count). The molecule has 0 aliphatic carbocycles. The monoisotopic (exact) mass is 391 g/mol. The maximum absolute atomic E-state index is 12.7. The summed E-state index contributed by atoms with van der Waals surface area (Å²) < 4.78 is 6.43. The number of nitrogens with zero attached hydrogens (tertiary/aromatic N) is 6. The van der Waals surface area contributed by atoms with Gasteiger partial charge < -0.3 is 4.74 Å². The van der Waals surface area contributed by atoms with Gasteiger partial charge in [0, 0.05) is 5.41 Å². The minimum Gasteiger partial charge on any atom is -0.465 e. The number of hydrogen-bond donors (Lipinski definition) is 1. The Morgan fingerprint density at radius 3 is 2.70 bits per heavy atom. The van der Waals surface area contributed by atoms with E-state index in [0.29, 0.717) is 34.0 Å². The van der Waals surface area contributed by atoms with Gasteiger partial charge in [0.2, 0.25) is 0 Å². The van der Waals surface area contributed by atoms with E-state index in [1.165, 1.54) is 4.52 Å². The number of unbranched alkanes of at least 4 members (excludes halogenated alkanes) is 1. The molecule has 3 heterocycles. The molecule has 0 saturated heterocycles. The Hall–Kier alpha value is -2.56. The van der Waals surface area contributed by atoms with Crippen molar-refractivity contribution >= 4 is 34.4 Å². The third-order valence-electron chi connectivity index (χ3n) is 3.83. The van der Waals surface area contributed by atoms with Gasteiger partial charge in [-0.05, 0) is 11.6 Å². The SMILES string of the molecule is CCCCOC(=O)CSc1nnnc2[nH]n3c(=O)c(C(C)(C)C)nnc3c12. The van der Waals surface area contributed by atoms with Crippen LogP contribution in [0, 0.1) is 0 Å². The minimum absolute atomic E-state index is 0.0760. The van der Waals surface area contributed by atoms with Crippen molar-refractivity contribution in [3.63, 3.8) is 0 Å². The van der Waals surface area contributed by atoms with Crippen molar-refractivity contribution in [2.45, 2.75) is 51.0 Å². The summed E-state index contributed by atoms with van der Waals surface area (Å²) in [6, 6.07) is 0. The summed E-state index contributed by atoms with van der Waals surface area (Å²) >= 11 is 1.16. The number of aromatic nitrogens is 7. The second-order valence-corrected chi connectivity index (χ2v) is 8.02. The van der Waals surface area contributed by atoms with Gasteiger partial charge in [0.15, 0.2) is 11.3 Å². The zero-order valence-electron chi connectivity index (χ0n) is 15.6. The first kappa shape index (κ1) is 19.2. The van der Waals surface area contributed by atoms with Gasteiger partial charge in [0.1, 0.15) is 16.1 Å². The maximum Gasteiger partial charge on any atom is 0.316 e. The van der Waals surface area contributed by atoms with Gasteiger partial charge in [-0.15, -0.1) is 20.4 Å². The van der Waals surface area contributed by atoms with Gasteiger partial charge in [-0.2, -0.15) is 4.52 Å². The van der Waals surface area contributed by atoms with E-state index in [4.69, 9.17) is 4.74 Å². The third-order valence-corrected chi connectivity index (χ3v) is 4.77. The summed E-state index contributed by atoms with van der Waals surface area (Å²) in [4.78, 5) is 24.6. The highest BCUT2D eigenvalue weighted by molar-refractivity contribution is 8.00. The van der Waals surface area contributed by atoms with Crippen molar-refractivity contribution in [1.82, 2.24) is 35.2 Å². The number of aromatic amines is 1. The number of ether oxygens (including phenoxy) is 1. The molecule has 0 aliphatic rings. The van der Waals surface area contributed by atoms with Crippen LogP contribution in [0.15, 0.2) is 9.82 Å². The summed E-state index contributed by atoms with van der Waals surface area (Å²) in [6.07, 6.45) is 1.78. The highest BCUT2D eigenvalue weighted by Gasteiger charge is 2.24. The molecule has 3 aromatic heterocycles. The molecule has 10 nitrogen and oxygen atoms in total. The van der Waals surface area contributed by atoms with Crippen molar-refractivity contribution < 1.29 is 9.53 Å². The largest absolute Gasteiger partial charge is 0.465 e. The van der Waals surface area contributed by atoms with Crippen LogP contribution in [-0.2, 0) is 14.9 Å². The van der Waals surface area contributed by atoms with Crippen LogP contribution in [0.25, 0.3) is 16.7 Å². The van der Waals surface area contributed by atoms with Crippen LogP contribution in [0.2, 0.25) is 0 Å². The number of carbonyl (C=O) groups excluding carboxylic acids is 1. The van der Waals surface area contributed by atoms with Gasteiger partial charge in [-0.3, -0.25) is 14.7 Å². The van der Waals surface area contributed by atoms with Crippen molar-refractivity contribution in [2.24, 2.45) is 0 Å². The molecular formula is C16H21N7O3S. The number of rotatable bonds is 6. The number of fused-ring (bicyclic) bond motifs is 3. The van der Waals surface area contributed by atoms with Crippen LogP contribution in [0.4, 0.5) is 0 Å². The number of esters is 1. The van der Waals surface area contributed by atoms with Crippen LogP contribution >= 0.6 is 11.8 Å². The van der Waals surface area contributed by atoms with E-state index in [1.807, 2.05) is 27.7 Å². The van der Waals surface area contributed by atoms with E-state index < -0.39 is 5.41 Å². The van der Waals surface area contributed by atoms with Crippen molar-refractivity contribution in [3.8, 4) is 0 Å². The lowest BCUT2D eigenvalue weighted by Gasteiger charge is -2.15. The second-order valence-electron chi connectivity index (χ2n) is 7.06. The van der Waals surface area contributed by atoms with E-state index in [1.54, 1.807) is 0 Å². The molecule has 0 atom stereocenters. The summed E-state index contributed by atoms with van der Waals surface area (Å²) in [6.45, 7) is 8.09. The lowest BCUT2D eigenvalue weighted by molar-refractivity contribution is -0.140. The summed E-state index contributed by atoms with van der Waals surface area (Å²) in [5.74, 6) is -0.259. The Morgan fingerprint density at radius 2 is 2.00 bits per heavy atom. The first-order chi connectivity index (χ1) is 12.8. The van der Waals surface area contributed by atoms with Gasteiger partial charge in [-0.25, -0.2) is 0 Å². The predicted molar refractivity (Wildman–Crippen MR) is 99.8 cm³/mol. The van der Waals surface area contributed by atoms with Crippen LogP contribution in [-0.4, -0.2) is 53.6 Å². The Balaban J connectivity index is 1.96. The fourth-order valence-electron chi connectivity index (χ4n) is 2.42. The van der Waals surface area contributed by atoms with Crippen molar-refractivity contribution in [3.05, 3.63) is 16.0 Å². The lowest BCUT2D eigenvalue weighted by atomic mass is 9.93. The molecule has 3 aromatic rings. The van der Waals surface area contributed by atoms with E-state index in [9.17, 15) is 9.59 Å². The summed E-state index contributed by atoms with van der Waals surface area (Å²) in [5.41, 5.74) is 0.227. The number of thioether (sulfide) groups is 1. The average molecular weight is 391 g/mol. The van der Waals surface area contributed by atoms with Crippen molar-refractivity contribution in [1.29, 1.82) is 0 Å². The molecule has 27 heavy (non-hydrogen) atoms. The van der Waals surface area contributed by atoms with Crippen LogP contribution < -0.4 is 5.56 Å². The Bertz CT molecular complexity index is 1040. The molecule has 0 fully saturated rings. The zero-order chi connectivity index (χ0) is 19.6. The van der Waals surface area contributed by atoms with Gasteiger partial charge in [0.05, 0.1) is 12.4 Å². The molecule has 144 valence electrons. The van der Waals surface area contributed by atoms with Crippen LogP contribution in [0.5, 0.6) is 0 Å². The van der Waals surface area contributed by atoms with Crippen molar-refractivity contribution in [2.75, 3.05) is 12.4 Å². The highest BCUT2D eigenvalue weighted by atomic mass is 32.2. The van der Waals surface area contributed by atoms with Gasteiger partial charge in [-0.1, -0.05) is 45.9 Å². The molecule has 1 N–H and O–H groups in total. The number of H-pyrrole nitrogens is 1. The molecule has 0 unspecified atom stereocenters. The van der Waals surface area contributed by atoms with E-state index in [2.05, 4.69) is 30.7 Å². The molecule has 0 aromatic carbocycles. The molecular weight excluding hydrogens is 370 g/mol. The third kappa shape index (κ3) is 3.92.